The van der Waals surface area contributed by atoms with Crippen LogP contribution in [0.3, 0.4) is 0 Å². The van der Waals surface area contributed by atoms with E-state index < -0.39 is 0 Å². The van der Waals surface area contributed by atoms with Gasteiger partial charge in [0.15, 0.2) is 0 Å². The van der Waals surface area contributed by atoms with Crippen molar-refractivity contribution in [3.63, 3.8) is 0 Å². The van der Waals surface area contributed by atoms with E-state index in [-0.39, 0.29) is 6.04 Å². The normalized spacial score (nSPS) is 12.6. The van der Waals surface area contributed by atoms with Crippen LogP contribution in [-0.2, 0) is 7.05 Å². The molecule has 0 aliphatic heterocycles. The second-order valence-electron chi connectivity index (χ2n) is 6.31. The van der Waals surface area contributed by atoms with Crippen molar-refractivity contribution in [1.29, 1.82) is 0 Å². The smallest absolute Gasteiger partial charge is 0.137 e. The summed E-state index contributed by atoms with van der Waals surface area (Å²) in [6.45, 7) is 2.61. The summed E-state index contributed by atoms with van der Waals surface area (Å²) in [4.78, 5) is 11.3. The molecule has 0 bridgehead atoms. The first kappa shape index (κ1) is 17.2. The average Bonchev–Trinajstić information content (AvgIpc) is 3.00. The van der Waals surface area contributed by atoms with E-state index in [9.17, 15) is 0 Å². The van der Waals surface area contributed by atoms with Crippen LogP contribution in [0.5, 0.6) is 5.75 Å². The number of likely N-dealkylation sites (N-methyl/N-ethyl adjacent to an activating group) is 1. The molecule has 7 nitrogen and oxygen atoms in total. The third-order valence-electron chi connectivity index (χ3n) is 4.21. The van der Waals surface area contributed by atoms with E-state index in [1.54, 1.807) is 7.11 Å². The van der Waals surface area contributed by atoms with Crippen LogP contribution in [-0.4, -0.2) is 52.4 Å². The average molecular weight is 340 g/mol. The molecule has 0 amide bonds. The van der Waals surface area contributed by atoms with Gasteiger partial charge in [-0.1, -0.05) is 0 Å². The number of anilines is 1. The molecular formula is C18H24N6O. The second-order valence-corrected chi connectivity index (χ2v) is 6.31. The number of aryl methyl sites for hydroxylation is 2. The van der Waals surface area contributed by atoms with Crippen LogP contribution in [0.2, 0.25) is 0 Å². The highest BCUT2D eigenvalue weighted by atomic mass is 16.5. The summed E-state index contributed by atoms with van der Waals surface area (Å²) in [6.07, 6.45) is 3.94. The molecule has 1 N–H and O–H groups in total. The van der Waals surface area contributed by atoms with Gasteiger partial charge < -0.3 is 15.0 Å². The largest absolute Gasteiger partial charge is 0.497 e. The van der Waals surface area contributed by atoms with E-state index in [2.05, 4.69) is 39.4 Å². The lowest BCUT2D eigenvalue weighted by atomic mass is 10.1. The Morgan fingerprint density at radius 3 is 2.72 bits per heavy atom. The number of methoxy groups -OCH3 is 1. The Morgan fingerprint density at radius 2 is 2.08 bits per heavy atom. The molecule has 2 heterocycles. The molecule has 0 saturated heterocycles. The number of aromatic nitrogens is 4. The number of hydrogen-bond donors (Lipinski definition) is 1. The van der Waals surface area contributed by atoms with Crippen molar-refractivity contribution in [3.05, 3.63) is 42.0 Å². The first-order chi connectivity index (χ1) is 12.0. The molecule has 0 spiro atoms. The molecule has 1 atom stereocenters. The van der Waals surface area contributed by atoms with E-state index in [4.69, 9.17) is 4.74 Å². The molecule has 0 saturated carbocycles. The van der Waals surface area contributed by atoms with Crippen molar-refractivity contribution in [3.8, 4) is 5.75 Å². The molecule has 0 fully saturated rings. The predicted molar refractivity (Wildman–Crippen MR) is 99.0 cm³/mol. The van der Waals surface area contributed by atoms with Gasteiger partial charge in [-0.25, -0.2) is 9.97 Å². The van der Waals surface area contributed by atoms with Gasteiger partial charge in [0.05, 0.1) is 24.9 Å². The second kappa shape index (κ2) is 7.06. The zero-order chi connectivity index (χ0) is 18.0. The summed E-state index contributed by atoms with van der Waals surface area (Å²) >= 11 is 0. The number of hydrogen-bond acceptors (Lipinski definition) is 6. The van der Waals surface area contributed by atoms with E-state index in [0.29, 0.717) is 6.54 Å². The Kier molecular flexibility index (Phi) is 4.85. The van der Waals surface area contributed by atoms with Crippen molar-refractivity contribution >= 4 is 16.7 Å². The van der Waals surface area contributed by atoms with Gasteiger partial charge >= 0.3 is 0 Å². The zero-order valence-electron chi connectivity index (χ0n) is 15.3. The quantitative estimate of drug-likeness (QED) is 0.743. The van der Waals surface area contributed by atoms with Crippen LogP contribution in [0.15, 0.2) is 30.6 Å². The van der Waals surface area contributed by atoms with Crippen LogP contribution in [0.4, 0.5) is 5.82 Å². The Labute approximate surface area is 147 Å². The topological polar surface area (TPSA) is 68.1 Å². The van der Waals surface area contributed by atoms with Gasteiger partial charge in [0.2, 0.25) is 0 Å². The van der Waals surface area contributed by atoms with Gasteiger partial charge in [-0.15, -0.1) is 0 Å². The lowest BCUT2D eigenvalue weighted by Crippen LogP contribution is -2.27. The maximum absolute atomic E-state index is 5.34. The minimum atomic E-state index is 0.185. The molecule has 2 aromatic heterocycles. The van der Waals surface area contributed by atoms with Crippen molar-refractivity contribution in [2.45, 2.75) is 13.0 Å². The van der Waals surface area contributed by atoms with Gasteiger partial charge in [0, 0.05) is 30.7 Å². The van der Waals surface area contributed by atoms with Crippen LogP contribution in [0.25, 0.3) is 10.9 Å². The number of nitrogens with zero attached hydrogens (tertiary/aromatic N) is 5. The molecule has 3 aromatic rings. The van der Waals surface area contributed by atoms with E-state index >= 15 is 0 Å². The van der Waals surface area contributed by atoms with Crippen molar-refractivity contribution in [1.82, 2.24) is 24.6 Å². The fraction of sp³-hybridized carbons (Fsp3) is 0.389. The lowest BCUT2D eigenvalue weighted by molar-refractivity contribution is 0.311. The summed E-state index contributed by atoms with van der Waals surface area (Å²) in [5, 5.41) is 8.72. The van der Waals surface area contributed by atoms with Gasteiger partial charge in [-0.2, -0.15) is 5.10 Å². The predicted octanol–water partition coefficient (Wildman–Crippen LogP) is 2.40. The summed E-state index contributed by atoms with van der Waals surface area (Å²) < 4.78 is 7.16. The van der Waals surface area contributed by atoms with Gasteiger partial charge in [-0.3, -0.25) is 4.68 Å². The van der Waals surface area contributed by atoms with E-state index in [0.717, 1.165) is 33.9 Å². The third-order valence-corrected chi connectivity index (χ3v) is 4.21. The van der Waals surface area contributed by atoms with Crippen molar-refractivity contribution in [2.75, 3.05) is 33.1 Å². The highest BCUT2D eigenvalue weighted by Gasteiger charge is 2.17. The maximum Gasteiger partial charge on any atom is 0.137 e. The highest BCUT2D eigenvalue weighted by Crippen LogP contribution is 2.26. The molecule has 25 heavy (non-hydrogen) atoms. The fourth-order valence-electron chi connectivity index (χ4n) is 2.89. The lowest BCUT2D eigenvalue weighted by Gasteiger charge is -2.24. The highest BCUT2D eigenvalue weighted by molar-refractivity contribution is 5.90. The summed E-state index contributed by atoms with van der Waals surface area (Å²) in [7, 11) is 7.71. The fourth-order valence-corrected chi connectivity index (χ4v) is 2.89. The van der Waals surface area contributed by atoms with Crippen LogP contribution >= 0.6 is 0 Å². The Hall–Kier alpha value is -2.67. The number of nitrogens with one attached hydrogen (secondary N) is 1. The Balaban J connectivity index is 1.91. The third kappa shape index (κ3) is 3.71. The number of fused-ring (bicyclic) bond motifs is 1. The number of benzene rings is 1. The van der Waals surface area contributed by atoms with Gasteiger partial charge in [-0.05, 0) is 39.2 Å². The first-order valence-corrected chi connectivity index (χ1v) is 8.19. The Bertz CT molecular complexity index is 873. The summed E-state index contributed by atoms with van der Waals surface area (Å²) in [5.74, 6) is 2.35. The minimum absolute atomic E-state index is 0.185. The zero-order valence-corrected chi connectivity index (χ0v) is 15.3. The molecule has 0 radical (unpaired) electrons. The molecule has 3 rings (SSSR count). The molecule has 132 valence electrons. The molecule has 1 unspecified atom stereocenters. The number of ether oxygens (including phenoxy) is 1. The SMILES string of the molecule is COc1ccc2nc(C)nc(NCC(c3cnn(C)c3)N(C)C)c2c1. The molecule has 1 aromatic carbocycles. The van der Waals surface area contributed by atoms with E-state index in [1.165, 1.54) is 0 Å². The first-order valence-electron chi connectivity index (χ1n) is 8.19. The molecule has 7 heteroatoms. The molecule has 0 aliphatic rings. The van der Waals surface area contributed by atoms with E-state index in [1.807, 2.05) is 49.2 Å². The molecular weight excluding hydrogens is 316 g/mol. The summed E-state index contributed by atoms with van der Waals surface area (Å²) in [6, 6.07) is 6.02. The monoisotopic (exact) mass is 340 g/mol. The van der Waals surface area contributed by atoms with Crippen LogP contribution < -0.4 is 10.1 Å². The van der Waals surface area contributed by atoms with Crippen molar-refractivity contribution in [2.24, 2.45) is 7.05 Å². The molecule has 0 aliphatic carbocycles. The van der Waals surface area contributed by atoms with Crippen LogP contribution in [0, 0.1) is 6.92 Å². The van der Waals surface area contributed by atoms with Gasteiger partial charge in [0.25, 0.3) is 0 Å². The van der Waals surface area contributed by atoms with Crippen molar-refractivity contribution < 1.29 is 4.74 Å². The summed E-state index contributed by atoms with van der Waals surface area (Å²) in [5.41, 5.74) is 2.06. The maximum atomic E-state index is 5.34. The standard InChI is InChI=1S/C18H24N6O/c1-12-21-16-7-6-14(25-5)8-15(16)18(22-12)19-10-17(23(2)3)13-9-20-24(4)11-13/h6-9,11,17H,10H2,1-5H3,(H,19,21,22). The number of rotatable bonds is 6. The Morgan fingerprint density at radius 1 is 1.28 bits per heavy atom. The van der Waals surface area contributed by atoms with Gasteiger partial charge in [0.1, 0.15) is 17.4 Å². The minimum Gasteiger partial charge on any atom is -0.497 e. The van der Waals surface area contributed by atoms with Crippen LogP contribution in [0.1, 0.15) is 17.4 Å².